The summed E-state index contributed by atoms with van der Waals surface area (Å²) in [6.45, 7) is 0.511. The highest BCUT2D eigenvalue weighted by molar-refractivity contribution is 5.78. The van der Waals surface area contributed by atoms with Crippen molar-refractivity contribution in [2.75, 3.05) is 6.54 Å². The fourth-order valence-electron chi connectivity index (χ4n) is 2.63. The quantitative estimate of drug-likeness (QED) is 0.623. The number of rotatable bonds is 7. The fraction of sp³-hybridized carbons (Fsp3) is 0.846. The molecule has 0 bridgehead atoms. The molecule has 0 radical (unpaired) electrons. The Labute approximate surface area is 109 Å². The van der Waals surface area contributed by atoms with Gasteiger partial charge >= 0.3 is 0 Å². The smallest absolute Gasteiger partial charge is 0.220 e. The largest absolute Gasteiger partial charge is 0.370 e. The zero-order valence-electron chi connectivity index (χ0n) is 11.0. The van der Waals surface area contributed by atoms with Crippen LogP contribution in [0.2, 0.25) is 0 Å². The molecule has 104 valence electrons. The third-order valence-electron chi connectivity index (χ3n) is 3.59. The highest BCUT2D eigenvalue weighted by Gasteiger charge is 2.26. The Morgan fingerprint density at radius 2 is 1.89 bits per heavy atom. The van der Waals surface area contributed by atoms with Gasteiger partial charge in [0.2, 0.25) is 11.8 Å². The van der Waals surface area contributed by atoms with Crippen LogP contribution in [0.4, 0.5) is 0 Å². The number of carbonyl (C=O) groups is 2. The zero-order valence-corrected chi connectivity index (χ0v) is 11.0. The molecule has 5 N–H and O–H groups in total. The lowest BCUT2D eigenvalue weighted by molar-refractivity contribution is -0.123. The Balaban J connectivity index is 2.48. The summed E-state index contributed by atoms with van der Waals surface area (Å²) >= 11 is 0. The topological polar surface area (TPSA) is 98.2 Å². The molecule has 1 fully saturated rings. The van der Waals surface area contributed by atoms with E-state index in [0.29, 0.717) is 25.3 Å². The number of nitrogens with one attached hydrogen (secondary N) is 1. The minimum absolute atomic E-state index is 0.0164. The Morgan fingerprint density at radius 3 is 2.44 bits per heavy atom. The molecule has 0 aliphatic heterocycles. The number of carbonyl (C=O) groups excluding carboxylic acids is 2. The van der Waals surface area contributed by atoms with Crippen molar-refractivity contribution in [3.8, 4) is 0 Å². The summed E-state index contributed by atoms with van der Waals surface area (Å²) in [5.74, 6) is 0.0371. The van der Waals surface area contributed by atoms with E-state index in [9.17, 15) is 9.59 Å². The van der Waals surface area contributed by atoms with Crippen LogP contribution in [0.15, 0.2) is 0 Å². The molecule has 18 heavy (non-hydrogen) atoms. The molecule has 1 aliphatic carbocycles. The first-order valence-electron chi connectivity index (χ1n) is 6.91. The van der Waals surface area contributed by atoms with Crippen LogP contribution >= 0.6 is 0 Å². The van der Waals surface area contributed by atoms with Gasteiger partial charge in [0.15, 0.2) is 0 Å². The van der Waals surface area contributed by atoms with Crippen molar-refractivity contribution in [2.24, 2.45) is 17.4 Å². The molecule has 0 spiro atoms. The maximum Gasteiger partial charge on any atom is 0.220 e. The van der Waals surface area contributed by atoms with Crippen LogP contribution < -0.4 is 16.8 Å². The van der Waals surface area contributed by atoms with Crippen LogP contribution in [0, 0.1) is 5.92 Å². The SMILES string of the molecule is NCCCC(=O)NC(CC(N)=O)C1CCCCC1. The molecule has 0 heterocycles. The summed E-state index contributed by atoms with van der Waals surface area (Å²) in [6.07, 6.45) is 7.12. The van der Waals surface area contributed by atoms with E-state index in [1.807, 2.05) is 0 Å². The van der Waals surface area contributed by atoms with E-state index in [4.69, 9.17) is 11.5 Å². The highest BCUT2D eigenvalue weighted by atomic mass is 16.2. The summed E-state index contributed by atoms with van der Waals surface area (Å²) in [4.78, 5) is 22.8. The van der Waals surface area contributed by atoms with Crippen molar-refractivity contribution in [3.05, 3.63) is 0 Å². The van der Waals surface area contributed by atoms with Crippen molar-refractivity contribution in [3.63, 3.8) is 0 Å². The number of hydrogen-bond acceptors (Lipinski definition) is 3. The summed E-state index contributed by atoms with van der Waals surface area (Å²) in [5, 5.41) is 2.96. The van der Waals surface area contributed by atoms with E-state index in [1.54, 1.807) is 0 Å². The van der Waals surface area contributed by atoms with Gasteiger partial charge in [0.1, 0.15) is 0 Å². The van der Waals surface area contributed by atoms with Gasteiger partial charge in [-0.15, -0.1) is 0 Å². The van der Waals surface area contributed by atoms with Crippen LogP contribution in [0.5, 0.6) is 0 Å². The van der Waals surface area contributed by atoms with Gasteiger partial charge in [0, 0.05) is 18.9 Å². The maximum atomic E-state index is 11.7. The second-order valence-electron chi connectivity index (χ2n) is 5.13. The third kappa shape index (κ3) is 5.49. The number of primary amides is 1. The number of nitrogens with two attached hydrogens (primary N) is 2. The molecule has 5 heteroatoms. The molecular weight excluding hydrogens is 230 g/mol. The molecule has 0 aromatic rings. The van der Waals surface area contributed by atoms with Crippen molar-refractivity contribution in [1.29, 1.82) is 0 Å². The summed E-state index contributed by atoms with van der Waals surface area (Å²) in [7, 11) is 0. The molecule has 0 saturated heterocycles. The van der Waals surface area contributed by atoms with Crippen LogP contribution in [-0.2, 0) is 9.59 Å². The Bertz CT molecular complexity index is 275. The van der Waals surface area contributed by atoms with Crippen molar-refractivity contribution in [2.45, 2.75) is 57.4 Å². The van der Waals surface area contributed by atoms with E-state index in [1.165, 1.54) is 19.3 Å². The van der Waals surface area contributed by atoms with Gasteiger partial charge in [0.05, 0.1) is 0 Å². The Kier molecular flexibility index (Phi) is 6.72. The number of hydrogen-bond donors (Lipinski definition) is 3. The van der Waals surface area contributed by atoms with E-state index in [0.717, 1.165) is 12.8 Å². The summed E-state index contributed by atoms with van der Waals surface area (Å²) in [5.41, 5.74) is 10.6. The van der Waals surface area contributed by atoms with Gasteiger partial charge in [-0.05, 0) is 31.7 Å². The van der Waals surface area contributed by atoms with Crippen molar-refractivity contribution >= 4 is 11.8 Å². The number of amides is 2. The molecule has 1 aliphatic rings. The van der Waals surface area contributed by atoms with E-state index in [-0.39, 0.29) is 24.3 Å². The molecule has 0 aromatic carbocycles. The van der Waals surface area contributed by atoms with Gasteiger partial charge in [-0.2, -0.15) is 0 Å². The van der Waals surface area contributed by atoms with E-state index >= 15 is 0 Å². The first-order valence-corrected chi connectivity index (χ1v) is 6.91. The lowest BCUT2D eigenvalue weighted by Crippen LogP contribution is -2.43. The van der Waals surface area contributed by atoms with Gasteiger partial charge in [-0.1, -0.05) is 19.3 Å². The highest BCUT2D eigenvalue weighted by Crippen LogP contribution is 2.27. The zero-order chi connectivity index (χ0) is 13.4. The second kappa shape index (κ2) is 8.08. The molecule has 1 unspecified atom stereocenters. The standard InChI is InChI=1S/C13H25N3O2/c14-8-4-7-13(18)16-11(9-12(15)17)10-5-2-1-3-6-10/h10-11H,1-9,14H2,(H2,15,17)(H,16,18). The van der Waals surface area contributed by atoms with Gasteiger partial charge < -0.3 is 16.8 Å². The molecule has 1 rings (SSSR count). The molecule has 5 nitrogen and oxygen atoms in total. The minimum atomic E-state index is -0.343. The third-order valence-corrected chi connectivity index (χ3v) is 3.59. The average molecular weight is 255 g/mol. The first kappa shape index (κ1) is 15.0. The van der Waals surface area contributed by atoms with Crippen LogP contribution in [-0.4, -0.2) is 24.4 Å². The predicted molar refractivity (Wildman–Crippen MR) is 70.6 cm³/mol. The van der Waals surface area contributed by atoms with Crippen LogP contribution in [0.1, 0.15) is 51.4 Å². The van der Waals surface area contributed by atoms with Gasteiger partial charge in [-0.3, -0.25) is 9.59 Å². The normalized spacial score (nSPS) is 18.3. The predicted octanol–water partition coefficient (Wildman–Crippen LogP) is 0.666. The minimum Gasteiger partial charge on any atom is -0.370 e. The summed E-state index contributed by atoms with van der Waals surface area (Å²) in [6, 6.07) is -0.0897. The Morgan fingerprint density at radius 1 is 1.22 bits per heavy atom. The molecule has 2 amide bonds. The van der Waals surface area contributed by atoms with Crippen LogP contribution in [0.25, 0.3) is 0 Å². The average Bonchev–Trinajstić information content (AvgIpc) is 2.36. The maximum absolute atomic E-state index is 11.7. The van der Waals surface area contributed by atoms with Crippen LogP contribution in [0.3, 0.4) is 0 Å². The lowest BCUT2D eigenvalue weighted by atomic mass is 9.82. The lowest BCUT2D eigenvalue weighted by Gasteiger charge is -2.30. The van der Waals surface area contributed by atoms with Gasteiger partial charge in [0.25, 0.3) is 0 Å². The second-order valence-corrected chi connectivity index (χ2v) is 5.13. The van der Waals surface area contributed by atoms with Crippen molar-refractivity contribution in [1.82, 2.24) is 5.32 Å². The fourth-order valence-corrected chi connectivity index (χ4v) is 2.63. The molecule has 1 saturated carbocycles. The van der Waals surface area contributed by atoms with E-state index in [2.05, 4.69) is 5.32 Å². The Hall–Kier alpha value is -1.10. The monoisotopic (exact) mass is 255 g/mol. The van der Waals surface area contributed by atoms with Gasteiger partial charge in [-0.25, -0.2) is 0 Å². The van der Waals surface area contributed by atoms with E-state index < -0.39 is 0 Å². The first-order chi connectivity index (χ1) is 8.63. The van der Waals surface area contributed by atoms with Crippen molar-refractivity contribution < 1.29 is 9.59 Å². The summed E-state index contributed by atoms with van der Waals surface area (Å²) < 4.78 is 0. The molecule has 1 atom stereocenters. The molecular formula is C13H25N3O2. The molecule has 0 aromatic heterocycles.